The molecule has 92 valence electrons. The Morgan fingerprint density at radius 2 is 2.00 bits per heavy atom. The van der Waals surface area contributed by atoms with Crippen LogP contribution in [0.3, 0.4) is 0 Å². The lowest BCUT2D eigenvalue weighted by Gasteiger charge is -2.19. The normalized spacial score (nSPS) is 11.1. The Morgan fingerprint density at radius 3 is 2.47 bits per heavy atom. The first-order valence-electron chi connectivity index (χ1n) is 4.91. The van der Waals surface area contributed by atoms with E-state index in [0.29, 0.717) is 0 Å². The van der Waals surface area contributed by atoms with E-state index in [2.05, 4.69) is 12.6 Å². The van der Waals surface area contributed by atoms with Crippen molar-refractivity contribution in [1.29, 1.82) is 0 Å². The van der Waals surface area contributed by atoms with Crippen LogP contribution in [0.15, 0.2) is 23.1 Å². The van der Waals surface area contributed by atoms with E-state index in [4.69, 9.17) is 4.74 Å². The van der Waals surface area contributed by atoms with Gasteiger partial charge in [-0.25, -0.2) is 4.79 Å². The van der Waals surface area contributed by atoms with Crippen molar-refractivity contribution in [3.8, 4) is 0 Å². The maximum Gasteiger partial charge on any atom is 0.338 e. The molecule has 0 spiro atoms. The van der Waals surface area contributed by atoms with E-state index in [9.17, 15) is 14.9 Å². The number of hydrogen-bond donors (Lipinski definition) is 1. The van der Waals surface area contributed by atoms with Gasteiger partial charge in [0.05, 0.1) is 15.4 Å². The Hall–Kier alpha value is -1.56. The highest BCUT2D eigenvalue weighted by atomic mass is 32.1. The summed E-state index contributed by atoms with van der Waals surface area (Å²) in [5.41, 5.74) is -0.702. The van der Waals surface area contributed by atoms with E-state index in [1.165, 1.54) is 12.1 Å². The Morgan fingerprint density at radius 1 is 1.41 bits per heavy atom. The van der Waals surface area contributed by atoms with Gasteiger partial charge in [-0.15, -0.1) is 12.6 Å². The average Bonchev–Trinajstić information content (AvgIpc) is 2.14. The zero-order valence-electron chi connectivity index (χ0n) is 9.76. The molecule has 0 aliphatic rings. The zero-order chi connectivity index (χ0) is 13.2. The molecule has 0 aliphatic heterocycles. The Kier molecular flexibility index (Phi) is 3.77. The second kappa shape index (κ2) is 4.75. The third-order valence-electron chi connectivity index (χ3n) is 1.81. The molecule has 17 heavy (non-hydrogen) atoms. The first kappa shape index (κ1) is 13.5. The highest BCUT2D eigenvalue weighted by Gasteiger charge is 2.21. The van der Waals surface area contributed by atoms with Crippen molar-refractivity contribution in [2.75, 3.05) is 0 Å². The van der Waals surface area contributed by atoms with Crippen LogP contribution in [0, 0.1) is 10.1 Å². The summed E-state index contributed by atoms with van der Waals surface area (Å²) >= 11 is 3.95. The van der Waals surface area contributed by atoms with Crippen LogP contribution in [0.4, 0.5) is 5.69 Å². The molecule has 0 bridgehead atoms. The highest BCUT2D eigenvalue weighted by Crippen LogP contribution is 2.24. The Labute approximate surface area is 104 Å². The third kappa shape index (κ3) is 3.74. The van der Waals surface area contributed by atoms with Crippen molar-refractivity contribution in [3.05, 3.63) is 33.9 Å². The van der Waals surface area contributed by atoms with E-state index >= 15 is 0 Å². The predicted molar refractivity (Wildman–Crippen MR) is 65.5 cm³/mol. The van der Waals surface area contributed by atoms with Crippen molar-refractivity contribution < 1.29 is 14.5 Å². The van der Waals surface area contributed by atoms with Crippen LogP contribution in [0.2, 0.25) is 0 Å². The van der Waals surface area contributed by atoms with Crippen LogP contribution >= 0.6 is 12.6 Å². The van der Waals surface area contributed by atoms with Crippen molar-refractivity contribution in [3.63, 3.8) is 0 Å². The Bertz CT molecular complexity index is 465. The summed E-state index contributed by atoms with van der Waals surface area (Å²) in [6.45, 7) is 5.19. The number of carbonyl (C=O) groups excluding carboxylic acids is 1. The molecule has 0 saturated heterocycles. The summed E-state index contributed by atoms with van der Waals surface area (Å²) < 4.78 is 5.11. The molecule has 0 amide bonds. The molecule has 1 rings (SSSR count). The predicted octanol–water partition coefficient (Wildman–Crippen LogP) is 2.84. The minimum atomic E-state index is -0.633. The lowest BCUT2D eigenvalue weighted by atomic mass is 10.1. The van der Waals surface area contributed by atoms with E-state index < -0.39 is 16.5 Å². The number of carbonyl (C=O) groups is 1. The van der Waals surface area contributed by atoms with Gasteiger partial charge in [-0.3, -0.25) is 10.1 Å². The van der Waals surface area contributed by atoms with E-state index in [-0.39, 0.29) is 16.1 Å². The van der Waals surface area contributed by atoms with Crippen LogP contribution in [0.1, 0.15) is 31.1 Å². The van der Waals surface area contributed by atoms with E-state index in [0.717, 1.165) is 6.07 Å². The monoisotopic (exact) mass is 255 g/mol. The summed E-state index contributed by atoms with van der Waals surface area (Å²) in [4.78, 5) is 22.0. The molecule has 0 fully saturated rings. The number of ether oxygens (including phenoxy) is 1. The second-order valence-electron chi connectivity index (χ2n) is 4.46. The molecule has 0 aliphatic carbocycles. The number of nitro groups is 1. The van der Waals surface area contributed by atoms with Gasteiger partial charge in [0, 0.05) is 6.07 Å². The average molecular weight is 255 g/mol. The molecule has 0 atom stereocenters. The summed E-state index contributed by atoms with van der Waals surface area (Å²) in [6, 6.07) is 4.01. The lowest BCUT2D eigenvalue weighted by molar-refractivity contribution is -0.387. The number of benzene rings is 1. The van der Waals surface area contributed by atoms with Gasteiger partial charge >= 0.3 is 5.97 Å². The number of rotatable bonds is 2. The van der Waals surface area contributed by atoms with Crippen molar-refractivity contribution in [1.82, 2.24) is 0 Å². The van der Waals surface area contributed by atoms with Gasteiger partial charge in [0.1, 0.15) is 5.60 Å². The molecule has 0 radical (unpaired) electrons. The number of nitro benzene ring substituents is 1. The maximum absolute atomic E-state index is 11.7. The number of thiol groups is 1. The highest BCUT2D eigenvalue weighted by molar-refractivity contribution is 7.80. The van der Waals surface area contributed by atoms with Crippen molar-refractivity contribution in [2.24, 2.45) is 0 Å². The Balaban J connectivity index is 3.04. The summed E-state index contributed by atoms with van der Waals surface area (Å²) in [5.74, 6) is -0.589. The number of nitrogens with zero attached hydrogens (tertiary/aromatic N) is 1. The van der Waals surface area contributed by atoms with Gasteiger partial charge in [0.2, 0.25) is 0 Å². The van der Waals surface area contributed by atoms with Gasteiger partial charge in [-0.1, -0.05) is 0 Å². The fraction of sp³-hybridized carbons (Fsp3) is 0.364. The first-order valence-corrected chi connectivity index (χ1v) is 5.36. The van der Waals surface area contributed by atoms with Crippen LogP contribution in [-0.2, 0) is 4.74 Å². The van der Waals surface area contributed by atoms with E-state index in [1.807, 2.05) is 0 Å². The molecule has 5 nitrogen and oxygen atoms in total. The van der Waals surface area contributed by atoms with Gasteiger partial charge in [-0.2, -0.15) is 0 Å². The molecular formula is C11H13NO4S. The fourth-order valence-electron chi connectivity index (χ4n) is 1.13. The van der Waals surface area contributed by atoms with Crippen molar-refractivity contribution in [2.45, 2.75) is 31.3 Å². The number of hydrogen-bond acceptors (Lipinski definition) is 5. The van der Waals surface area contributed by atoms with Crippen LogP contribution < -0.4 is 0 Å². The second-order valence-corrected chi connectivity index (χ2v) is 4.94. The molecule has 1 aromatic rings. The molecule has 1 aromatic carbocycles. The van der Waals surface area contributed by atoms with E-state index in [1.54, 1.807) is 20.8 Å². The lowest BCUT2D eigenvalue weighted by Crippen LogP contribution is -2.23. The topological polar surface area (TPSA) is 69.4 Å². The molecule has 0 aromatic heterocycles. The summed E-state index contributed by atoms with van der Waals surface area (Å²) in [7, 11) is 0. The molecule has 0 heterocycles. The summed E-state index contributed by atoms with van der Waals surface area (Å²) in [5, 5.41) is 10.7. The largest absolute Gasteiger partial charge is 0.456 e. The van der Waals surface area contributed by atoms with Crippen molar-refractivity contribution >= 4 is 24.3 Å². The molecule has 6 heteroatoms. The smallest absolute Gasteiger partial charge is 0.338 e. The van der Waals surface area contributed by atoms with Gasteiger partial charge in [0.25, 0.3) is 5.69 Å². The maximum atomic E-state index is 11.7. The summed E-state index contributed by atoms with van der Waals surface area (Å²) in [6.07, 6.45) is 0. The van der Waals surface area contributed by atoms with Gasteiger partial charge in [0.15, 0.2) is 0 Å². The molecule has 0 unspecified atom stereocenters. The quantitative estimate of drug-likeness (QED) is 0.382. The minimum Gasteiger partial charge on any atom is -0.456 e. The minimum absolute atomic E-state index is 0.143. The first-order chi connectivity index (χ1) is 7.70. The van der Waals surface area contributed by atoms with Gasteiger partial charge < -0.3 is 4.74 Å². The van der Waals surface area contributed by atoms with Crippen LogP contribution in [0.25, 0.3) is 0 Å². The SMILES string of the molecule is CC(C)(C)OC(=O)c1ccc(S)c([N+](=O)[O-])c1. The van der Waals surface area contributed by atoms with Crippen LogP contribution in [0.5, 0.6) is 0 Å². The molecule has 0 N–H and O–H groups in total. The molecular weight excluding hydrogens is 242 g/mol. The van der Waals surface area contributed by atoms with Gasteiger partial charge in [-0.05, 0) is 32.9 Å². The molecule has 0 saturated carbocycles. The van der Waals surface area contributed by atoms with Crippen LogP contribution in [-0.4, -0.2) is 16.5 Å². The fourth-order valence-corrected chi connectivity index (χ4v) is 1.35. The third-order valence-corrected chi connectivity index (χ3v) is 2.18. The zero-order valence-corrected chi connectivity index (χ0v) is 10.7. The standard InChI is InChI=1S/C11H13NO4S/c1-11(2,3)16-10(13)7-4-5-9(17)8(6-7)12(14)15/h4-6,17H,1-3H3. The number of esters is 1.